The zero-order chi connectivity index (χ0) is 29.3. The van der Waals surface area contributed by atoms with Crippen LogP contribution >= 0.6 is 0 Å². The first-order valence-corrected chi connectivity index (χ1v) is 14.0. The lowest BCUT2D eigenvalue weighted by Gasteiger charge is -2.30. The lowest BCUT2D eigenvalue weighted by atomic mass is 9.72. The third-order valence-corrected chi connectivity index (χ3v) is 7.60. The van der Waals surface area contributed by atoms with Gasteiger partial charge in [0.1, 0.15) is 11.5 Å². The molecular weight excluding hydrogens is 516 g/mol. The Bertz CT molecular complexity index is 1430. The number of anilines is 2. The van der Waals surface area contributed by atoms with E-state index in [1.165, 1.54) is 10.0 Å². The number of rotatable bonds is 9. The van der Waals surface area contributed by atoms with Gasteiger partial charge in [-0.15, -0.1) is 0 Å². The molecule has 2 aliphatic heterocycles. The Hall–Kier alpha value is -4.46. The minimum absolute atomic E-state index is 0.193. The van der Waals surface area contributed by atoms with Crippen molar-refractivity contribution >= 4 is 34.6 Å². The maximum Gasteiger partial charge on any atom is 0.256 e. The summed E-state index contributed by atoms with van der Waals surface area (Å²) >= 11 is 0. The Morgan fingerprint density at radius 2 is 1.15 bits per heavy atom. The average Bonchev–Trinajstić information content (AvgIpc) is 3.41. The summed E-state index contributed by atoms with van der Waals surface area (Å²) < 4.78 is 11.9. The van der Waals surface area contributed by atoms with Crippen molar-refractivity contribution in [2.75, 3.05) is 23.2 Å². The summed E-state index contributed by atoms with van der Waals surface area (Å²) in [5, 5.41) is 12.3. The number of hydrogen-bond donors (Lipinski definition) is 0. The Balaban J connectivity index is 1.62. The zero-order valence-electron chi connectivity index (χ0n) is 24.4. The molecule has 2 amide bonds. The van der Waals surface area contributed by atoms with Gasteiger partial charge in [-0.3, -0.25) is 9.59 Å². The van der Waals surface area contributed by atoms with Crippen LogP contribution < -0.4 is 19.5 Å². The molecule has 0 radical (unpaired) electrons. The predicted octanol–water partition coefficient (Wildman–Crippen LogP) is 6.26. The second-order valence-corrected chi connectivity index (χ2v) is 10.5. The number of carbonyl (C=O) groups is 2. The second kappa shape index (κ2) is 11.6. The normalized spacial score (nSPS) is 19.4. The minimum Gasteiger partial charge on any atom is -0.494 e. The van der Waals surface area contributed by atoms with E-state index in [0.29, 0.717) is 47.5 Å². The fraction of sp³-hybridized carbons (Fsp3) is 0.333. The van der Waals surface area contributed by atoms with Crippen LogP contribution in [0.4, 0.5) is 11.4 Å². The maximum absolute atomic E-state index is 14.2. The molecule has 2 heterocycles. The van der Waals surface area contributed by atoms with Crippen molar-refractivity contribution in [2.24, 2.45) is 22.0 Å². The Morgan fingerprint density at radius 1 is 0.683 bits per heavy atom. The van der Waals surface area contributed by atoms with Crippen LogP contribution in [0.25, 0.3) is 0 Å². The molecule has 41 heavy (non-hydrogen) atoms. The molecule has 0 N–H and O–H groups in total. The third kappa shape index (κ3) is 5.34. The zero-order valence-corrected chi connectivity index (χ0v) is 24.4. The highest BCUT2D eigenvalue weighted by atomic mass is 16.5. The Labute approximate surface area is 241 Å². The van der Waals surface area contributed by atoms with E-state index in [1.54, 1.807) is 0 Å². The molecule has 2 aliphatic rings. The van der Waals surface area contributed by atoms with Crippen LogP contribution in [-0.2, 0) is 9.59 Å². The molecule has 2 unspecified atom stereocenters. The van der Waals surface area contributed by atoms with Crippen LogP contribution in [0.15, 0.2) is 76.9 Å². The third-order valence-electron chi connectivity index (χ3n) is 7.60. The van der Waals surface area contributed by atoms with E-state index in [2.05, 4.69) is 0 Å². The molecule has 0 saturated carbocycles. The van der Waals surface area contributed by atoms with E-state index in [4.69, 9.17) is 19.7 Å². The van der Waals surface area contributed by atoms with Gasteiger partial charge in [-0.1, -0.05) is 41.5 Å². The lowest BCUT2D eigenvalue weighted by molar-refractivity contribution is -0.122. The van der Waals surface area contributed by atoms with Crippen LogP contribution in [0, 0.1) is 25.7 Å². The number of benzene rings is 3. The summed E-state index contributed by atoms with van der Waals surface area (Å²) in [5.74, 6) is -1.16. The standard InChI is InChI=1S/C33H36N4O4/c1-7-40-26-17-18-27(28(19-26)41-8-2)31(29-22(5)34-36(32(29)38)24-13-9-20(3)10-14-24)30-23(6)35-37(33(30)39)25-15-11-21(4)12-16-25/h9-19,29-31H,7-8H2,1-6H3. The van der Waals surface area contributed by atoms with Gasteiger partial charge < -0.3 is 9.47 Å². The second-order valence-electron chi connectivity index (χ2n) is 10.5. The van der Waals surface area contributed by atoms with Crippen molar-refractivity contribution in [1.29, 1.82) is 0 Å². The smallest absolute Gasteiger partial charge is 0.256 e. The predicted molar refractivity (Wildman–Crippen MR) is 162 cm³/mol. The summed E-state index contributed by atoms with van der Waals surface area (Å²) in [7, 11) is 0. The van der Waals surface area contributed by atoms with Crippen LogP contribution in [0.5, 0.6) is 11.5 Å². The van der Waals surface area contributed by atoms with Crippen LogP contribution in [-0.4, -0.2) is 36.5 Å². The van der Waals surface area contributed by atoms with Crippen molar-refractivity contribution in [3.8, 4) is 11.5 Å². The molecule has 212 valence electrons. The summed E-state index contributed by atoms with van der Waals surface area (Å²) in [6.07, 6.45) is 0. The first kappa shape index (κ1) is 28.1. The van der Waals surface area contributed by atoms with E-state index < -0.39 is 17.8 Å². The molecule has 0 bridgehead atoms. The number of amides is 2. The van der Waals surface area contributed by atoms with Gasteiger partial charge in [0.15, 0.2) is 0 Å². The maximum atomic E-state index is 14.2. The molecule has 0 fully saturated rings. The molecule has 3 aromatic carbocycles. The van der Waals surface area contributed by atoms with Gasteiger partial charge in [-0.05, 0) is 77.4 Å². The van der Waals surface area contributed by atoms with Crippen molar-refractivity contribution in [3.63, 3.8) is 0 Å². The number of carbonyl (C=O) groups excluding carboxylic acids is 2. The monoisotopic (exact) mass is 552 g/mol. The number of ether oxygens (including phenoxy) is 2. The molecule has 8 heteroatoms. The molecule has 0 aliphatic carbocycles. The van der Waals surface area contributed by atoms with Crippen LogP contribution in [0.1, 0.15) is 50.3 Å². The molecule has 8 nitrogen and oxygen atoms in total. The first-order chi connectivity index (χ1) is 19.7. The highest BCUT2D eigenvalue weighted by Crippen LogP contribution is 2.46. The fourth-order valence-corrected chi connectivity index (χ4v) is 5.61. The highest BCUT2D eigenvalue weighted by Gasteiger charge is 2.51. The van der Waals surface area contributed by atoms with Gasteiger partial charge in [-0.2, -0.15) is 10.2 Å². The van der Waals surface area contributed by atoms with Crippen molar-refractivity contribution < 1.29 is 19.1 Å². The van der Waals surface area contributed by atoms with Gasteiger partial charge in [0.25, 0.3) is 11.8 Å². The Kier molecular flexibility index (Phi) is 7.92. The van der Waals surface area contributed by atoms with Gasteiger partial charge in [0, 0.05) is 23.4 Å². The van der Waals surface area contributed by atoms with E-state index >= 15 is 0 Å². The number of hydrazone groups is 2. The van der Waals surface area contributed by atoms with Gasteiger partial charge >= 0.3 is 0 Å². The molecule has 0 aromatic heterocycles. The van der Waals surface area contributed by atoms with Crippen LogP contribution in [0.2, 0.25) is 0 Å². The molecule has 3 aromatic rings. The summed E-state index contributed by atoms with van der Waals surface area (Å²) in [6, 6.07) is 21.0. The largest absolute Gasteiger partial charge is 0.494 e. The number of hydrogen-bond acceptors (Lipinski definition) is 6. The summed E-state index contributed by atoms with van der Waals surface area (Å²) in [6.45, 7) is 12.4. The Morgan fingerprint density at radius 3 is 1.59 bits per heavy atom. The molecular formula is C33H36N4O4. The number of aryl methyl sites for hydroxylation is 2. The summed E-state index contributed by atoms with van der Waals surface area (Å²) in [4.78, 5) is 28.4. The van der Waals surface area contributed by atoms with E-state index in [1.807, 2.05) is 108 Å². The average molecular weight is 553 g/mol. The van der Waals surface area contributed by atoms with Gasteiger partial charge in [-0.25, -0.2) is 10.0 Å². The quantitative estimate of drug-likeness (QED) is 0.314. The molecule has 2 atom stereocenters. The minimum atomic E-state index is -0.703. The molecule has 5 rings (SSSR count). The topological polar surface area (TPSA) is 83.8 Å². The molecule has 0 spiro atoms. The van der Waals surface area contributed by atoms with E-state index in [9.17, 15) is 9.59 Å². The van der Waals surface area contributed by atoms with Crippen molar-refractivity contribution in [1.82, 2.24) is 0 Å². The fourth-order valence-electron chi connectivity index (χ4n) is 5.61. The van der Waals surface area contributed by atoms with Crippen LogP contribution in [0.3, 0.4) is 0 Å². The lowest BCUT2D eigenvalue weighted by Crippen LogP contribution is -2.40. The highest BCUT2D eigenvalue weighted by molar-refractivity contribution is 6.19. The molecule has 0 saturated heterocycles. The van der Waals surface area contributed by atoms with Crippen molar-refractivity contribution in [2.45, 2.75) is 47.5 Å². The first-order valence-electron chi connectivity index (χ1n) is 14.0. The SMILES string of the molecule is CCOc1ccc(C(C2C(=O)N(c3ccc(C)cc3)N=C2C)C2C(=O)N(c3ccc(C)cc3)N=C2C)c(OCC)c1. The van der Waals surface area contributed by atoms with Gasteiger partial charge in [0.2, 0.25) is 0 Å². The summed E-state index contributed by atoms with van der Waals surface area (Å²) in [5.41, 5.74) is 5.55. The van der Waals surface area contributed by atoms with Gasteiger partial charge in [0.05, 0.1) is 36.4 Å². The van der Waals surface area contributed by atoms with Crippen molar-refractivity contribution in [3.05, 3.63) is 83.4 Å². The van der Waals surface area contributed by atoms with E-state index in [-0.39, 0.29) is 11.8 Å². The van der Waals surface area contributed by atoms with E-state index in [0.717, 1.165) is 16.7 Å². The number of nitrogens with zero attached hydrogens (tertiary/aromatic N) is 4.